The van der Waals surface area contributed by atoms with E-state index >= 15 is 0 Å². The van der Waals surface area contributed by atoms with Crippen molar-refractivity contribution in [3.63, 3.8) is 0 Å². The molecule has 0 aliphatic heterocycles. The van der Waals surface area contributed by atoms with Crippen LogP contribution in [0.2, 0.25) is 0 Å². The normalized spacial score (nSPS) is 13.1. The van der Waals surface area contributed by atoms with Gasteiger partial charge in [-0.1, -0.05) is 50.6 Å². The Hall–Kier alpha value is -0.820. The van der Waals surface area contributed by atoms with Crippen LogP contribution in [0.5, 0.6) is 0 Å². The van der Waals surface area contributed by atoms with E-state index in [4.69, 9.17) is 0 Å². The van der Waals surface area contributed by atoms with Crippen molar-refractivity contribution >= 4 is 0 Å². The molecule has 15 heavy (non-hydrogen) atoms. The molecule has 1 aromatic rings. The maximum absolute atomic E-state index is 3.50. The molecule has 0 bridgehead atoms. The van der Waals surface area contributed by atoms with Crippen molar-refractivity contribution < 1.29 is 0 Å². The summed E-state index contributed by atoms with van der Waals surface area (Å²) in [5.74, 6) is 1.33. The van der Waals surface area contributed by atoms with Crippen molar-refractivity contribution in [3.8, 4) is 0 Å². The minimum absolute atomic E-state index is 0.601. The highest BCUT2D eigenvalue weighted by atomic mass is 14.9. The molecular weight excluding hydrogens is 182 g/mol. The summed E-state index contributed by atoms with van der Waals surface area (Å²) >= 11 is 0. The second-order valence-electron chi connectivity index (χ2n) is 4.86. The molecule has 0 aliphatic rings. The minimum atomic E-state index is 0.601. The van der Waals surface area contributed by atoms with Gasteiger partial charge in [-0.2, -0.15) is 0 Å². The van der Waals surface area contributed by atoms with Crippen molar-refractivity contribution in [2.75, 3.05) is 13.1 Å². The molecule has 0 saturated heterocycles. The third-order valence-corrected chi connectivity index (χ3v) is 2.65. The average Bonchev–Trinajstić information content (AvgIpc) is 2.18. The first-order valence-electron chi connectivity index (χ1n) is 5.87. The molecule has 1 nitrogen and oxygen atoms in total. The van der Waals surface area contributed by atoms with E-state index in [1.807, 2.05) is 0 Å². The monoisotopic (exact) mass is 205 g/mol. The zero-order valence-electron chi connectivity index (χ0n) is 10.4. The predicted molar refractivity (Wildman–Crippen MR) is 67.3 cm³/mol. The molecule has 1 N–H and O–H groups in total. The average molecular weight is 205 g/mol. The summed E-state index contributed by atoms with van der Waals surface area (Å²) in [5, 5.41) is 3.50. The molecule has 0 aliphatic carbocycles. The Morgan fingerprint density at radius 3 is 2.13 bits per heavy atom. The van der Waals surface area contributed by atoms with Crippen molar-refractivity contribution in [2.24, 2.45) is 5.92 Å². The fourth-order valence-electron chi connectivity index (χ4n) is 1.60. The Labute approximate surface area is 93.9 Å². The molecule has 1 atom stereocenters. The first-order chi connectivity index (χ1) is 7.09. The lowest BCUT2D eigenvalue weighted by Gasteiger charge is -2.14. The van der Waals surface area contributed by atoms with Crippen LogP contribution in [-0.4, -0.2) is 13.1 Å². The van der Waals surface area contributed by atoms with Gasteiger partial charge in [-0.05, 0) is 30.9 Å². The highest BCUT2D eigenvalue weighted by Gasteiger charge is 2.04. The summed E-state index contributed by atoms with van der Waals surface area (Å²) in [6.45, 7) is 11.1. The molecule has 0 amide bonds. The van der Waals surface area contributed by atoms with Gasteiger partial charge in [0.15, 0.2) is 0 Å². The van der Waals surface area contributed by atoms with E-state index in [1.165, 1.54) is 11.1 Å². The van der Waals surface area contributed by atoms with Crippen molar-refractivity contribution in [1.29, 1.82) is 0 Å². The molecule has 1 heteroatoms. The first-order valence-corrected chi connectivity index (χ1v) is 5.87. The summed E-state index contributed by atoms with van der Waals surface area (Å²) in [6, 6.07) is 8.84. The maximum Gasteiger partial charge on any atom is 0.00176 e. The van der Waals surface area contributed by atoms with E-state index in [9.17, 15) is 0 Å². The number of hydrogen-bond donors (Lipinski definition) is 1. The fourth-order valence-corrected chi connectivity index (χ4v) is 1.60. The Kier molecular flexibility index (Phi) is 4.83. The summed E-state index contributed by atoms with van der Waals surface area (Å²) in [7, 11) is 0. The first kappa shape index (κ1) is 12.3. The molecule has 1 unspecified atom stereocenters. The van der Waals surface area contributed by atoms with Crippen LogP contribution < -0.4 is 5.32 Å². The predicted octanol–water partition coefficient (Wildman–Crippen LogP) is 3.34. The van der Waals surface area contributed by atoms with E-state index in [1.54, 1.807) is 0 Å². The van der Waals surface area contributed by atoms with Crippen LogP contribution in [0.15, 0.2) is 24.3 Å². The second kappa shape index (κ2) is 5.92. The number of rotatable bonds is 5. The summed E-state index contributed by atoms with van der Waals surface area (Å²) in [5.41, 5.74) is 2.76. The Morgan fingerprint density at radius 2 is 1.60 bits per heavy atom. The lowest BCUT2D eigenvalue weighted by atomic mass is 10.00. The van der Waals surface area contributed by atoms with Gasteiger partial charge < -0.3 is 5.32 Å². The second-order valence-corrected chi connectivity index (χ2v) is 4.86. The Morgan fingerprint density at radius 1 is 1.00 bits per heavy atom. The molecule has 0 saturated carbocycles. The molecule has 1 aromatic carbocycles. The maximum atomic E-state index is 3.50. The fraction of sp³-hybridized carbons (Fsp3) is 0.571. The minimum Gasteiger partial charge on any atom is -0.316 e. The largest absolute Gasteiger partial charge is 0.316 e. The van der Waals surface area contributed by atoms with Gasteiger partial charge in [0.2, 0.25) is 0 Å². The van der Waals surface area contributed by atoms with Gasteiger partial charge in [0, 0.05) is 6.54 Å². The van der Waals surface area contributed by atoms with Crippen molar-refractivity contribution in [2.45, 2.75) is 33.6 Å². The van der Waals surface area contributed by atoms with Gasteiger partial charge in [-0.3, -0.25) is 0 Å². The standard InChI is InChI=1S/C14H23N/c1-11(2)9-15-10-13(4)14-7-5-12(3)6-8-14/h5-8,11,13,15H,9-10H2,1-4H3. The van der Waals surface area contributed by atoms with Gasteiger partial charge in [0.25, 0.3) is 0 Å². The van der Waals surface area contributed by atoms with Crippen LogP contribution in [0.4, 0.5) is 0 Å². The lowest BCUT2D eigenvalue weighted by molar-refractivity contribution is 0.529. The topological polar surface area (TPSA) is 12.0 Å². The molecule has 0 spiro atoms. The van der Waals surface area contributed by atoms with Crippen LogP contribution in [0, 0.1) is 12.8 Å². The van der Waals surface area contributed by atoms with Crippen LogP contribution in [0.1, 0.15) is 37.8 Å². The van der Waals surface area contributed by atoms with E-state index in [0.717, 1.165) is 19.0 Å². The van der Waals surface area contributed by atoms with E-state index in [0.29, 0.717) is 5.92 Å². The van der Waals surface area contributed by atoms with Gasteiger partial charge in [-0.15, -0.1) is 0 Å². The molecule has 0 aromatic heterocycles. The SMILES string of the molecule is Cc1ccc(C(C)CNCC(C)C)cc1. The van der Waals surface area contributed by atoms with Crippen LogP contribution >= 0.6 is 0 Å². The third kappa shape index (κ3) is 4.48. The number of benzene rings is 1. The van der Waals surface area contributed by atoms with Crippen LogP contribution in [0.25, 0.3) is 0 Å². The smallest absolute Gasteiger partial charge is 0.00176 e. The summed E-state index contributed by atoms with van der Waals surface area (Å²) < 4.78 is 0. The number of aryl methyl sites for hydroxylation is 1. The van der Waals surface area contributed by atoms with Crippen LogP contribution in [0.3, 0.4) is 0 Å². The Bertz CT molecular complexity index is 274. The summed E-state index contributed by atoms with van der Waals surface area (Å²) in [4.78, 5) is 0. The van der Waals surface area contributed by atoms with E-state index in [-0.39, 0.29) is 0 Å². The molecule has 84 valence electrons. The quantitative estimate of drug-likeness (QED) is 0.777. The third-order valence-electron chi connectivity index (χ3n) is 2.65. The molecule has 0 heterocycles. The van der Waals surface area contributed by atoms with Crippen molar-refractivity contribution in [1.82, 2.24) is 5.32 Å². The van der Waals surface area contributed by atoms with Crippen LogP contribution in [-0.2, 0) is 0 Å². The zero-order chi connectivity index (χ0) is 11.3. The number of hydrogen-bond acceptors (Lipinski definition) is 1. The molecule has 1 rings (SSSR count). The van der Waals surface area contributed by atoms with Gasteiger partial charge in [0.05, 0.1) is 0 Å². The highest BCUT2D eigenvalue weighted by molar-refractivity contribution is 5.24. The van der Waals surface area contributed by atoms with Gasteiger partial charge in [-0.25, -0.2) is 0 Å². The molecule has 0 fully saturated rings. The van der Waals surface area contributed by atoms with E-state index in [2.05, 4.69) is 57.3 Å². The lowest BCUT2D eigenvalue weighted by Crippen LogP contribution is -2.24. The van der Waals surface area contributed by atoms with Crippen molar-refractivity contribution in [3.05, 3.63) is 35.4 Å². The Balaban J connectivity index is 2.40. The zero-order valence-corrected chi connectivity index (χ0v) is 10.4. The van der Waals surface area contributed by atoms with Gasteiger partial charge in [0.1, 0.15) is 0 Å². The number of nitrogens with one attached hydrogen (secondary N) is 1. The van der Waals surface area contributed by atoms with Gasteiger partial charge >= 0.3 is 0 Å². The highest BCUT2D eigenvalue weighted by Crippen LogP contribution is 2.14. The molecular formula is C14H23N. The summed E-state index contributed by atoms with van der Waals surface area (Å²) in [6.07, 6.45) is 0. The molecule has 0 radical (unpaired) electrons. The van der Waals surface area contributed by atoms with E-state index < -0.39 is 0 Å².